The summed E-state index contributed by atoms with van der Waals surface area (Å²) in [7, 11) is 1.26. The summed E-state index contributed by atoms with van der Waals surface area (Å²) in [5.41, 5.74) is 0. The van der Waals surface area contributed by atoms with Crippen molar-refractivity contribution in [3.63, 3.8) is 0 Å². The highest BCUT2D eigenvalue weighted by molar-refractivity contribution is 7.45. The molecule has 0 aliphatic carbocycles. The van der Waals surface area contributed by atoms with E-state index in [4.69, 9.17) is 9.05 Å². The van der Waals surface area contributed by atoms with Gasteiger partial charge in [-0.2, -0.15) is 0 Å². The summed E-state index contributed by atoms with van der Waals surface area (Å²) in [5, 5.41) is 14.0. The Morgan fingerprint density at radius 1 is 0.396 bits per heavy atom. The molecule has 3 atom stereocenters. The van der Waals surface area contributed by atoms with Gasteiger partial charge in [0.25, 0.3) is 7.82 Å². The number of phosphoric acid groups is 1. The Bertz CT molecular complexity index is 1860. The Hall–Kier alpha value is -2.84. The molecule has 0 heterocycles. The second kappa shape index (κ2) is 71.5. The van der Waals surface area contributed by atoms with Gasteiger partial charge in [-0.1, -0.05) is 374 Å². The average molecular weight is 1290 g/mol. The van der Waals surface area contributed by atoms with Gasteiger partial charge in [-0.25, -0.2) is 0 Å². The van der Waals surface area contributed by atoms with Gasteiger partial charge in [-0.3, -0.25) is 9.36 Å². The third kappa shape index (κ3) is 74.4. The molecule has 0 bridgehead atoms. The van der Waals surface area contributed by atoms with Crippen molar-refractivity contribution in [2.24, 2.45) is 0 Å². The molecule has 0 saturated carbocycles. The van der Waals surface area contributed by atoms with Crippen LogP contribution in [0.2, 0.25) is 0 Å². The second-order valence-corrected chi connectivity index (χ2v) is 28.7. The second-order valence-electron chi connectivity index (χ2n) is 27.3. The third-order valence-corrected chi connectivity index (χ3v) is 18.2. The fourth-order valence-corrected chi connectivity index (χ4v) is 12.0. The van der Waals surface area contributed by atoms with Gasteiger partial charge in [-0.15, -0.1) is 0 Å². The molecule has 3 unspecified atom stereocenters. The van der Waals surface area contributed by atoms with E-state index in [1.54, 1.807) is 6.08 Å². The summed E-state index contributed by atoms with van der Waals surface area (Å²) in [6.45, 7) is 4.57. The number of quaternary nitrogens is 1. The molecule has 0 saturated heterocycles. The molecule has 0 radical (unpaired) electrons. The van der Waals surface area contributed by atoms with Crippen LogP contribution >= 0.6 is 7.82 Å². The van der Waals surface area contributed by atoms with Crippen molar-refractivity contribution < 1.29 is 32.9 Å². The summed E-state index contributed by atoms with van der Waals surface area (Å²) >= 11 is 0. The fraction of sp³-hybridized carbons (Fsp3) is 0.768. The topological polar surface area (TPSA) is 108 Å². The van der Waals surface area contributed by atoms with Crippen molar-refractivity contribution in [1.29, 1.82) is 0 Å². The number of hydrogen-bond acceptors (Lipinski definition) is 6. The number of aliphatic hydroxyl groups excluding tert-OH is 1. The minimum absolute atomic E-state index is 0.00374. The van der Waals surface area contributed by atoms with Crippen LogP contribution in [0.5, 0.6) is 0 Å². The molecule has 0 aliphatic heterocycles. The summed E-state index contributed by atoms with van der Waals surface area (Å²) in [6, 6.07) is -0.895. The maximum atomic E-state index is 13.1. The van der Waals surface area contributed by atoms with Crippen LogP contribution in [0.4, 0.5) is 0 Å². The van der Waals surface area contributed by atoms with Crippen LogP contribution in [0.15, 0.2) is 109 Å². The van der Waals surface area contributed by atoms with Gasteiger partial charge in [0.1, 0.15) is 13.2 Å². The van der Waals surface area contributed by atoms with E-state index in [1.807, 2.05) is 27.2 Å². The largest absolute Gasteiger partial charge is 0.756 e. The number of carbonyl (C=O) groups is 1. The Morgan fingerprint density at radius 3 is 0.978 bits per heavy atom. The van der Waals surface area contributed by atoms with E-state index < -0.39 is 20.0 Å². The van der Waals surface area contributed by atoms with E-state index >= 15 is 0 Å². The molecule has 0 aromatic heterocycles. The standard InChI is InChI=1S/C82H149N2O6P/c1-6-8-10-12-14-16-18-20-22-24-26-28-30-32-34-36-38-39-40-41-42-43-44-45-46-48-50-52-54-56-58-60-62-64-66-68-70-72-74-76-82(86)83-80(79-90-91(87,88)89-78-77-84(3,4)5)81(85)75-73-71-69-67-65-63-61-59-57-55-53-51-49-47-37-35-33-31-29-27-25-23-21-19-17-15-13-11-9-7-2/h8,10,14,16,20,22,26,28,32,34,38-39,41-42,44-45,73,75,80-81,85H,6-7,9,11-13,15,17-19,21,23-25,27,29-31,33,35-37,40,43,46-72,74,76-79H2,1-5H3,(H-,83,86,87,88)/b10-8-,16-14-,22-20-,28-26-,34-32-,39-38-,42-41-,45-44-,75-73+. The number of hydrogen-bond donors (Lipinski definition) is 2. The summed E-state index contributed by atoms with van der Waals surface area (Å²) in [4.78, 5) is 25.7. The van der Waals surface area contributed by atoms with Crippen molar-refractivity contribution in [3.05, 3.63) is 109 Å². The number of carbonyl (C=O) groups excluding carboxylic acids is 1. The van der Waals surface area contributed by atoms with Crippen LogP contribution in [0.1, 0.15) is 354 Å². The SMILES string of the molecule is CC/C=C\C/C=C\C/C=C\C/C=C\C/C=C\C/C=C\C/C=C\C/C=C\CCCCCCCCCCCCCCCCC(=O)NC(COP(=O)([O-])OCC[N+](C)(C)C)C(O)/C=C/CCCCCCCCCCCCCCCCCCCCCCCCCCCCCC. The first-order chi connectivity index (χ1) is 44.5. The lowest BCUT2D eigenvalue weighted by molar-refractivity contribution is -0.870. The van der Waals surface area contributed by atoms with Crippen molar-refractivity contribution in [1.82, 2.24) is 5.32 Å². The van der Waals surface area contributed by atoms with E-state index in [-0.39, 0.29) is 19.1 Å². The van der Waals surface area contributed by atoms with Crippen molar-refractivity contribution in [2.75, 3.05) is 40.9 Å². The summed E-state index contributed by atoms with van der Waals surface area (Å²) < 4.78 is 23.5. The zero-order valence-electron chi connectivity index (χ0n) is 60.5. The zero-order chi connectivity index (χ0) is 66.2. The quantitative estimate of drug-likeness (QED) is 0.0272. The molecule has 0 aromatic rings. The number of allylic oxidation sites excluding steroid dienone is 17. The maximum Gasteiger partial charge on any atom is 0.268 e. The number of unbranched alkanes of at least 4 members (excludes halogenated alkanes) is 42. The Morgan fingerprint density at radius 2 is 0.670 bits per heavy atom. The number of likely N-dealkylation sites (N-methyl/N-ethyl adjacent to an activating group) is 1. The highest BCUT2D eigenvalue weighted by Gasteiger charge is 2.23. The third-order valence-electron chi connectivity index (χ3n) is 17.2. The first-order valence-corrected chi connectivity index (χ1v) is 40.2. The lowest BCUT2D eigenvalue weighted by Gasteiger charge is -2.29. The van der Waals surface area contributed by atoms with E-state index in [0.29, 0.717) is 17.4 Å². The summed E-state index contributed by atoms with van der Waals surface area (Å²) in [5.74, 6) is -0.197. The van der Waals surface area contributed by atoms with Gasteiger partial charge in [0, 0.05) is 6.42 Å². The smallest absolute Gasteiger partial charge is 0.268 e. The molecule has 528 valence electrons. The lowest BCUT2D eigenvalue weighted by Crippen LogP contribution is -2.45. The fourth-order valence-electron chi connectivity index (χ4n) is 11.3. The number of nitrogens with one attached hydrogen (secondary N) is 1. The molecule has 0 aromatic carbocycles. The van der Waals surface area contributed by atoms with Gasteiger partial charge >= 0.3 is 0 Å². The zero-order valence-corrected chi connectivity index (χ0v) is 61.4. The molecule has 0 rings (SSSR count). The van der Waals surface area contributed by atoms with Crippen LogP contribution < -0.4 is 10.2 Å². The van der Waals surface area contributed by atoms with Crippen LogP contribution in [-0.4, -0.2) is 68.5 Å². The molecule has 0 fully saturated rings. The maximum absolute atomic E-state index is 13.1. The number of nitrogens with zero attached hydrogens (tertiary/aromatic N) is 1. The average Bonchev–Trinajstić information content (AvgIpc) is 3.58. The van der Waals surface area contributed by atoms with E-state index in [9.17, 15) is 19.4 Å². The minimum atomic E-state index is -4.61. The van der Waals surface area contributed by atoms with E-state index in [2.05, 4.69) is 116 Å². The van der Waals surface area contributed by atoms with Gasteiger partial charge < -0.3 is 28.8 Å². The molecular weight excluding hydrogens is 1140 g/mol. The van der Waals surface area contributed by atoms with Crippen LogP contribution in [0.25, 0.3) is 0 Å². The number of aliphatic hydroxyl groups is 1. The van der Waals surface area contributed by atoms with Crippen molar-refractivity contribution in [3.8, 4) is 0 Å². The summed E-state index contributed by atoms with van der Waals surface area (Å²) in [6.07, 6.45) is 105. The molecule has 1 amide bonds. The van der Waals surface area contributed by atoms with Crippen LogP contribution in [-0.2, 0) is 18.4 Å². The van der Waals surface area contributed by atoms with E-state index in [0.717, 1.165) is 89.9 Å². The number of rotatable bonds is 71. The minimum Gasteiger partial charge on any atom is -0.756 e. The highest BCUT2D eigenvalue weighted by atomic mass is 31.2. The van der Waals surface area contributed by atoms with E-state index in [1.165, 1.54) is 244 Å². The van der Waals surface area contributed by atoms with Gasteiger partial charge in [0.2, 0.25) is 5.91 Å². The van der Waals surface area contributed by atoms with Gasteiger partial charge in [0.05, 0.1) is 39.9 Å². The van der Waals surface area contributed by atoms with Gasteiger partial charge in [-0.05, 0) is 83.5 Å². The van der Waals surface area contributed by atoms with Gasteiger partial charge in [0.15, 0.2) is 0 Å². The molecule has 9 heteroatoms. The molecule has 8 nitrogen and oxygen atoms in total. The normalized spacial score (nSPS) is 14.1. The Labute approximate surface area is 565 Å². The Kier molecular flexibility index (Phi) is 69.2. The predicted molar refractivity (Wildman–Crippen MR) is 399 cm³/mol. The molecule has 91 heavy (non-hydrogen) atoms. The highest BCUT2D eigenvalue weighted by Crippen LogP contribution is 2.38. The van der Waals surface area contributed by atoms with Crippen LogP contribution in [0, 0.1) is 0 Å². The molecule has 0 spiro atoms. The van der Waals surface area contributed by atoms with Crippen molar-refractivity contribution in [2.45, 2.75) is 366 Å². The lowest BCUT2D eigenvalue weighted by atomic mass is 10.0. The molecule has 0 aliphatic rings. The Balaban J connectivity index is 4.03. The molecular formula is C82H149N2O6P. The first-order valence-electron chi connectivity index (χ1n) is 38.7. The monoisotopic (exact) mass is 1290 g/mol. The number of phosphoric ester groups is 1. The predicted octanol–water partition coefficient (Wildman–Crippen LogP) is 24.8. The van der Waals surface area contributed by atoms with Crippen molar-refractivity contribution >= 4 is 13.7 Å². The number of amides is 1. The molecule has 2 N–H and O–H groups in total. The van der Waals surface area contributed by atoms with Crippen LogP contribution in [0.3, 0.4) is 0 Å². The first kappa shape index (κ1) is 88.2.